The van der Waals surface area contributed by atoms with E-state index in [2.05, 4.69) is 18.4 Å². The molecule has 1 atom stereocenters. The van der Waals surface area contributed by atoms with Crippen LogP contribution in [0.25, 0.3) is 0 Å². The summed E-state index contributed by atoms with van der Waals surface area (Å²) >= 11 is 0. The van der Waals surface area contributed by atoms with Gasteiger partial charge in [0, 0.05) is 12.8 Å². The zero-order chi connectivity index (χ0) is 28.3. The molecular formula is C29H57O8P. The molecule has 2 N–H and O–H groups in total. The number of unbranched alkanes of at least 4 members (excludes halogenated alkanes) is 18. The molecule has 0 rings (SSSR count). The second kappa shape index (κ2) is 26.3. The molecule has 0 aromatic carbocycles. The molecule has 0 fully saturated rings. The predicted molar refractivity (Wildman–Crippen MR) is 152 cm³/mol. The first kappa shape index (κ1) is 37.0. The molecule has 226 valence electrons. The molecule has 0 aromatic rings. The van der Waals surface area contributed by atoms with Crippen LogP contribution in [0.15, 0.2) is 0 Å². The van der Waals surface area contributed by atoms with Crippen LogP contribution < -0.4 is 0 Å². The maximum absolute atomic E-state index is 12.2. The van der Waals surface area contributed by atoms with Gasteiger partial charge in [-0.05, 0) is 12.8 Å². The van der Waals surface area contributed by atoms with Crippen molar-refractivity contribution in [3.05, 3.63) is 0 Å². The lowest BCUT2D eigenvalue weighted by Crippen LogP contribution is -2.29. The molecule has 38 heavy (non-hydrogen) atoms. The molecule has 0 heterocycles. The van der Waals surface area contributed by atoms with Gasteiger partial charge >= 0.3 is 19.8 Å². The summed E-state index contributed by atoms with van der Waals surface area (Å²) in [4.78, 5) is 42.3. The Hall–Kier alpha value is -0.950. The summed E-state index contributed by atoms with van der Waals surface area (Å²) in [5.41, 5.74) is 0. The van der Waals surface area contributed by atoms with Crippen LogP contribution in [-0.2, 0) is 28.2 Å². The lowest BCUT2D eigenvalue weighted by atomic mass is 10.1. The molecule has 0 saturated heterocycles. The minimum atomic E-state index is -4.73. The Morgan fingerprint density at radius 2 is 0.947 bits per heavy atom. The highest BCUT2D eigenvalue weighted by Gasteiger charge is 2.22. The molecule has 0 unspecified atom stereocenters. The Balaban J connectivity index is 4.04. The van der Waals surface area contributed by atoms with E-state index in [0.29, 0.717) is 6.42 Å². The largest absolute Gasteiger partial charge is 0.469 e. The molecular weight excluding hydrogens is 507 g/mol. The molecule has 0 bridgehead atoms. The number of phosphoric acid groups is 1. The van der Waals surface area contributed by atoms with Gasteiger partial charge in [-0.3, -0.25) is 14.1 Å². The summed E-state index contributed by atoms with van der Waals surface area (Å²) in [6, 6.07) is 0. The van der Waals surface area contributed by atoms with Crippen molar-refractivity contribution in [2.24, 2.45) is 0 Å². The van der Waals surface area contributed by atoms with Crippen molar-refractivity contribution in [1.29, 1.82) is 0 Å². The van der Waals surface area contributed by atoms with E-state index in [-0.39, 0.29) is 19.4 Å². The van der Waals surface area contributed by atoms with Crippen LogP contribution in [-0.4, -0.2) is 41.0 Å². The van der Waals surface area contributed by atoms with Gasteiger partial charge in [0.1, 0.15) is 6.61 Å². The van der Waals surface area contributed by atoms with Gasteiger partial charge in [-0.25, -0.2) is 4.57 Å². The van der Waals surface area contributed by atoms with Crippen molar-refractivity contribution < 1.29 is 37.9 Å². The molecule has 0 aliphatic carbocycles. The van der Waals surface area contributed by atoms with Gasteiger partial charge in [0.25, 0.3) is 0 Å². The van der Waals surface area contributed by atoms with Crippen LogP contribution >= 0.6 is 7.82 Å². The second-order valence-corrected chi connectivity index (χ2v) is 11.7. The van der Waals surface area contributed by atoms with Crippen molar-refractivity contribution in [1.82, 2.24) is 0 Å². The van der Waals surface area contributed by atoms with Crippen molar-refractivity contribution in [3.63, 3.8) is 0 Å². The average Bonchev–Trinajstić information content (AvgIpc) is 2.87. The van der Waals surface area contributed by atoms with E-state index in [1.807, 2.05) is 0 Å². The number of ether oxygens (including phenoxy) is 2. The minimum absolute atomic E-state index is 0.218. The van der Waals surface area contributed by atoms with E-state index in [1.165, 1.54) is 83.5 Å². The van der Waals surface area contributed by atoms with E-state index in [4.69, 9.17) is 19.3 Å². The van der Waals surface area contributed by atoms with E-state index >= 15 is 0 Å². The van der Waals surface area contributed by atoms with Crippen LogP contribution in [0.3, 0.4) is 0 Å². The third-order valence-electron chi connectivity index (χ3n) is 6.63. The number of carbonyl (C=O) groups is 2. The summed E-state index contributed by atoms with van der Waals surface area (Å²) in [5, 5.41) is 0. The number of rotatable bonds is 28. The van der Waals surface area contributed by atoms with Gasteiger partial charge in [-0.15, -0.1) is 0 Å². The Morgan fingerprint density at radius 1 is 0.579 bits per heavy atom. The standard InChI is InChI=1S/C29H57O8P/c1-3-5-7-9-11-13-15-17-19-21-23-28(30)35-25-27(26-36-38(32,33)34)37-29(31)24-22-20-18-16-14-12-10-8-6-4-2/h27H,3-26H2,1-2H3,(H2,32,33,34)/t27-/m0/s1. The summed E-state index contributed by atoms with van der Waals surface area (Å²) in [5.74, 6) is -0.883. The Morgan fingerprint density at radius 3 is 1.34 bits per heavy atom. The lowest BCUT2D eigenvalue weighted by molar-refractivity contribution is -0.161. The summed E-state index contributed by atoms with van der Waals surface area (Å²) in [6.07, 6.45) is 22.6. The maximum Gasteiger partial charge on any atom is 0.469 e. The van der Waals surface area contributed by atoms with Gasteiger partial charge < -0.3 is 19.3 Å². The Kier molecular flexibility index (Phi) is 25.6. The maximum atomic E-state index is 12.2. The third kappa shape index (κ3) is 28.1. The van der Waals surface area contributed by atoms with Crippen molar-refractivity contribution in [3.8, 4) is 0 Å². The molecule has 0 amide bonds. The smallest absolute Gasteiger partial charge is 0.462 e. The molecule has 8 nitrogen and oxygen atoms in total. The monoisotopic (exact) mass is 564 g/mol. The minimum Gasteiger partial charge on any atom is -0.462 e. The van der Waals surface area contributed by atoms with Gasteiger partial charge in [0.2, 0.25) is 0 Å². The van der Waals surface area contributed by atoms with Crippen LogP contribution in [0, 0.1) is 0 Å². The van der Waals surface area contributed by atoms with Gasteiger partial charge in [0.05, 0.1) is 6.61 Å². The first-order chi connectivity index (χ1) is 18.3. The molecule has 0 saturated carbocycles. The lowest BCUT2D eigenvalue weighted by Gasteiger charge is -2.18. The summed E-state index contributed by atoms with van der Waals surface area (Å²) < 4.78 is 26.1. The fourth-order valence-corrected chi connectivity index (χ4v) is 4.67. The molecule has 0 aliphatic heterocycles. The number of phosphoric ester groups is 1. The van der Waals surface area contributed by atoms with Crippen LogP contribution in [0.5, 0.6) is 0 Å². The fourth-order valence-electron chi connectivity index (χ4n) is 4.31. The van der Waals surface area contributed by atoms with E-state index in [0.717, 1.165) is 38.5 Å². The van der Waals surface area contributed by atoms with E-state index in [9.17, 15) is 14.2 Å². The van der Waals surface area contributed by atoms with Crippen LogP contribution in [0.1, 0.15) is 155 Å². The van der Waals surface area contributed by atoms with Crippen molar-refractivity contribution in [2.45, 2.75) is 161 Å². The zero-order valence-corrected chi connectivity index (χ0v) is 25.2. The normalized spacial score (nSPS) is 12.4. The zero-order valence-electron chi connectivity index (χ0n) is 24.3. The van der Waals surface area contributed by atoms with Gasteiger partial charge in [-0.2, -0.15) is 0 Å². The first-order valence-corrected chi connectivity index (χ1v) is 16.9. The van der Waals surface area contributed by atoms with Crippen molar-refractivity contribution in [2.75, 3.05) is 13.2 Å². The quantitative estimate of drug-likeness (QED) is 0.0555. The molecule has 0 aliphatic rings. The topological polar surface area (TPSA) is 119 Å². The van der Waals surface area contributed by atoms with E-state index < -0.39 is 32.5 Å². The number of esters is 2. The average molecular weight is 565 g/mol. The molecule has 0 spiro atoms. The Bertz CT molecular complexity index is 607. The number of hydrogen-bond donors (Lipinski definition) is 2. The fraction of sp³-hybridized carbons (Fsp3) is 0.931. The summed E-state index contributed by atoms with van der Waals surface area (Å²) in [6.45, 7) is 3.62. The molecule has 0 radical (unpaired) electrons. The third-order valence-corrected chi connectivity index (χ3v) is 7.11. The van der Waals surface area contributed by atoms with Gasteiger partial charge in [0.15, 0.2) is 6.10 Å². The summed E-state index contributed by atoms with van der Waals surface area (Å²) in [7, 11) is -4.73. The SMILES string of the molecule is CCCCCCCCCCCCC(=O)OC[C@@H](COP(=O)(O)O)OC(=O)CCCCCCCCCCCC. The predicted octanol–water partition coefficient (Wildman–Crippen LogP) is 8.17. The van der Waals surface area contributed by atoms with Crippen LogP contribution in [0.4, 0.5) is 0 Å². The second-order valence-electron chi connectivity index (χ2n) is 10.4. The number of carbonyl (C=O) groups excluding carboxylic acids is 2. The highest BCUT2D eigenvalue weighted by atomic mass is 31.2. The highest BCUT2D eigenvalue weighted by Crippen LogP contribution is 2.35. The van der Waals surface area contributed by atoms with Crippen LogP contribution in [0.2, 0.25) is 0 Å². The molecule has 0 aromatic heterocycles. The van der Waals surface area contributed by atoms with Gasteiger partial charge in [-0.1, -0.05) is 129 Å². The first-order valence-electron chi connectivity index (χ1n) is 15.3. The highest BCUT2D eigenvalue weighted by molar-refractivity contribution is 7.46. The van der Waals surface area contributed by atoms with E-state index in [1.54, 1.807) is 0 Å². The van der Waals surface area contributed by atoms with Crippen molar-refractivity contribution >= 4 is 19.8 Å². The molecule has 9 heteroatoms. The number of hydrogen-bond acceptors (Lipinski definition) is 6. The Labute approximate surface area is 232 Å².